The van der Waals surface area contributed by atoms with E-state index >= 15 is 0 Å². The second-order valence-electron chi connectivity index (χ2n) is 5.88. The highest BCUT2D eigenvalue weighted by molar-refractivity contribution is 5.89. The van der Waals surface area contributed by atoms with E-state index in [0.29, 0.717) is 0 Å². The number of benzene rings is 4. The summed E-state index contributed by atoms with van der Waals surface area (Å²) in [5, 5.41) is 2.60. The molecule has 110 valence electrons. The van der Waals surface area contributed by atoms with E-state index in [-0.39, 0.29) is 0 Å². The zero-order valence-electron chi connectivity index (χ0n) is 12.9. The second-order valence-corrected chi connectivity index (χ2v) is 5.88. The van der Waals surface area contributed by atoms with E-state index in [2.05, 4.69) is 97.1 Å². The van der Waals surface area contributed by atoms with Crippen molar-refractivity contribution in [1.29, 1.82) is 0 Å². The van der Waals surface area contributed by atoms with Crippen LogP contribution in [0, 0.1) is 0 Å². The summed E-state index contributed by atoms with van der Waals surface area (Å²) in [6, 6.07) is 34.6. The highest BCUT2D eigenvalue weighted by atomic mass is 14.1. The van der Waals surface area contributed by atoms with Gasteiger partial charge in [0, 0.05) is 0 Å². The SMILES string of the molecule is c1ccc(Cc2cc3ccccc3cc2-c2ccccc2)cc1. The maximum absolute atomic E-state index is 2.34. The van der Waals surface area contributed by atoms with Gasteiger partial charge in [-0.15, -0.1) is 0 Å². The summed E-state index contributed by atoms with van der Waals surface area (Å²) in [5.74, 6) is 0. The van der Waals surface area contributed by atoms with Crippen LogP contribution in [0.2, 0.25) is 0 Å². The lowest BCUT2D eigenvalue weighted by atomic mass is 9.92. The molecule has 23 heavy (non-hydrogen) atoms. The molecule has 0 aromatic heterocycles. The quantitative estimate of drug-likeness (QED) is 0.428. The molecule has 0 saturated heterocycles. The van der Waals surface area contributed by atoms with E-state index in [9.17, 15) is 0 Å². The highest BCUT2D eigenvalue weighted by Crippen LogP contribution is 2.30. The van der Waals surface area contributed by atoms with E-state index in [4.69, 9.17) is 0 Å². The number of rotatable bonds is 3. The fraction of sp³-hybridized carbons (Fsp3) is 0.0435. The van der Waals surface area contributed by atoms with Gasteiger partial charge in [-0.1, -0.05) is 91.0 Å². The Hall–Kier alpha value is -2.86. The molecular weight excluding hydrogens is 276 g/mol. The average Bonchev–Trinajstić information content (AvgIpc) is 2.63. The highest BCUT2D eigenvalue weighted by Gasteiger charge is 2.08. The van der Waals surface area contributed by atoms with Gasteiger partial charge in [0.1, 0.15) is 0 Å². The summed E-state index contributed by atoms with van der Waals surface area (Å²) >= 11 is 0. The van der Waals surface area contributed by atoms with Gasteiger partial charge < -0.3 is 0 Å². The molecule has 0 amide bonds. The van der Waals surface area contributed by atoms with Gasteiger partial charge in [0.15, 0.2) is 0 Å². The largest absolute Gasteiger partial charge is 0.0622 e. The fourth-order valence-corrected chi connectivity index (χ4v) is 3.14. The normalized spacial score (nSPS) is 10.8. The fourth-order valence-electron chi connectivity index (χ4n) is 3.14. The van der Waals surface area contributed by atoms with E-state index in [0.717, 1.165) is 6.42 Å². The van der Waals surface area contributed by atoms with E-state index in [1.54, 1.807) is 0 Å². The van der Waals surface area contributed by atoms with Crippen LogP contribution in [0.4, 0.5) is 0 Å². The zero-order chi connectivity index (χ0) is 15.5. The maximum Gasteiger partial charge on any atom is -0.00194 e. The van der Waals surface area contributed by atoms with Gasteiger partial charge in [-0.3, -0.25) is 0 Å². The van der Waals surface area contributed by atoms with Gasteiger partial charge in [0.25, 0.3) is 0 Å². The summed E-state index contributed by atoms with van der Waals surface area (Å²) < 4.78 is 0. The Kier molecular flexibility index (Phi) is 3.65. The van der Waals surface area contributed by atoms with Crippen LogP contribution in [0.1, 0.15) is 11.1 Å². The molecule has 0 heteroatoms. The molecule has 0 spiro atoms. The third-order valence-electron chi connectivity index (χ3n) is 4.29. The van der Waals surface area contributed by atoms with Crippen LogP contribution in [0.25, 0.3) is 21.9 Å². The zero-order valence-corrected chi connectivity index (χ0v) is 12.9. The number of hydrogen-bond acceptors (Lipinski definition) is 0. The van der Waals surface area contributed by atoms with Crippen LogP contribution in [0.3, 0.4) is 0 Å². The molecule has 0 unspecified atom stereocenters. The lowest BCUT2D eigenvalue weighted by molar-refractivity contribution is 1.20. The predicted molar refractivity (Wildman–Crippen MR) is 98.6 cm³/mol. The monoisotopic (exact) mass is 294 g/mol. The molecule has 0 aliphatic carbocycles. The third-order valence-corrected chi connectivity index (χ3v) is 4.29. The van der Waals surface area contributed by atoms with Crippen molar-refractivity contribution in [2.45, 2.75) is 6.42 Å². The Morgan fingerprint density at radius 1 is 0.522 bits per heavy atom. The van der Waals surface area contributed by atoms with Crippen molar-refractivity contribution in [3.63, 3.8) is 0 Å². The van der Waals surface area contributed by atoms with Gasteiger partial charge in [-0.05, 0) is 45.5 Å². The number of hydrogen-bond donors (Lipinski definition) is 0. The van der Waals surface area contributed by atoms with Crippen molar-refractivity contribution in [1.82, 2.24) is 0 Å². The summed E-state index contributed by atoms with van der Waals surface area (Å²) in [6.45, 7) is 0. The first-order chi connectivity index (χ1) is 11.4. The van der Waals surface area contributed by atoms with Crippen molar-refractivity contribution in [2.75, 3.05) is 0 Å². The van der Waals surface area contributed by atoms with Crippen LogP contribution < -0.4 is 0 Å². The Morgan fingerprint density at radius 3 is 1.78 bits per heavy atom. The molecule has 0 radical (unpaired) electrons. The minimum absolute atomic E-state index is 0.954. The molecule has 4 rings (SSSR count). The van der Waals surface area contributed by atoms with Crippen molar-refractivity contribution < 1.29 is 0 Å². The van der Waals surface area contributed by atoms with Crippen molar-refractivity contribution in [2.24, 2.45) is 0 Å². The molecule has 0 atom stereocenters. The van der Waals surface area contributed by atoms with Gasteiger partial charge in [0.05, 0.1) is 0 Å². The van der Waals surface area contributed by atoms with Crippen LogP contribution in [0.5, 0.6) is 0 Å². The summed E-state index contributed by atoms with van der Waals surface area (Å²) in [5.41, 5.74) is 5.33. The molecule has 4 aromatic carbocycles. The Bertz CT molecular complexity index is 922. The molecule has 0 nitrogen and oxygen atoms in total. The van der Waals surface area contributed by atoms with Crippen LogP contribution in [-0.2, 0) is 6.42 Å². The topological polar surface area (TPSA) is 0 Å². The molecule has 0 saturated carbocycles. The Balaban J connectivity index is 1.89. The van der Waals surface area contributed by atoms with Gasteiger partial charge in [-0.25, -0.2) is 0 Å². The summed E-state index contributed by atoms with van der Waals surface area (Å²) in [7, 11) is 0. The molecule has 0 bridgehead atoms. The molecule has 4 aromatic rings. The van der Waals surface area contributed by atoms with E-state index < -0.39 is 0 Å². The predicted octanol–water partition coefficient (Wildman–Crippen LogP) is 6.10. The molecular formula is C23H18. The molecule has 0 N–H and O–H groups in total. The minimum Gasteiger partial charge on any atom is -0.0622 e. The van der Waals surface area contributed by atoms with Gasteiger partial charge in [-0.2, -0.15) is 0 Å². The van der Waals surface area contributed by atoms with E-state index in [1.807, 2.05) is 0 Å². The average molecular weight is 294 g/mol. The standard InChI is InChI=1S/C23H18/c1-3-9-18(10-4-1)15-22-16-20-13-7-8-14-21(20)17-23(22)19-11-5-2-6-12-19/h1-14,16-17H,15H2. The lowest BCUT2D eigenvalue weighted by Crippen LogP contribution is -1.93. The summed E-state index contributed by atoms with van der Waals surface area (Å²) in [4.78, 5) is 0. The first kappa shape index (κ1) is 13.8. The maximum atomic E-state index is 2.34. The second kappa shape index (κ2) is 6.10. The Labute approximate surface area is 137 Å². The van der Waals surface area contributed by atoms with Gasteiger partial charge >= 0.3 is 0 Å². The van der Waals surface area contributed by atoms with Crippen molar-refractivity contribution in [3.8, 4) is 11.1 Å². The summed E-state index contributed by atoms with van der Waals surface area (Å²) in [6.07, 6.45) is 0.954. The van der Waals surface area contributed by atoms with E-state index in [1.165, 1.54) is 33.0 Å². The smallest absolute Gasteiger partial charge is 0.00194 e. The van der Waals surface area contributed by atoms with Crippen LogP contribution >= 0.6 is 0 Å². The van der Waals surface area contributed by atoms with Crippen LogP contribution in [0.15, 0.2) is 97.1 Å². The van der Waals surface area contributed by atoms with Crippen molar-refractivity contribution in [3.05, 3.63) is 108 Å². The van der Waals surface area contributed by atoms with Crippen molar-refractivity contribution >= 4 is 10.8 Å². The third kappa shape index (κ3) is 2.89. The first-order valence-electron chi connectivity index (χ1n) is 8.01. The Morgan fingerprint density at radius 2 is 1.09 bits per heavy atom. The minimum atomic E-state index is 0.954. The molecule has 0 aliphatic heterocycles. The molecule has 0 heterocycles. The first-order valence-corrected chi connectivity index (χ1v) is 8.01. The van der Waals surface area contributed by atoms with Crippen LogP contribution in [-0.4, -0.2) is 0 Å². The number of fused-ring (bicyclic) bond motifs is 1. The molecule has 0 aliphatic rings. The lowest BCUT2D eigenvalue weighted by Gasteiger charge is -2.12. The molecule has 0 fully saturated rings. The van der Waals surface area contributed by atoms with Gasteiger partial charge in [0.2, 0.25) is 0 Å².